The molecule has 0 saturated carbocycles. The molecule has 75 heavy (non-hydrogen) atoms. The van der Waals surface area contributed by atoms with Gasteiger partial charge in [0.05, 0.1) is 0 Å². The standard InChI is InChI=1S/C64H43Cl2N3O4S2/c65-53-23-19-48(20-24-53)61(49-21-25-54(66)26-22-49)37-47-13-31-57(32-14-47)69(55-27-9-45(10-28-55)3-1-43-5-15-50(16-6-43)62-35-33-59(74-62)38-52(40-67)64(71)72)56-29-11-46(12-30-56)4-2-44-7-17-51(18-8-44)63-36-34-60(75-63)39-58(41-68)73-42-70/h1-39,70H,42H2,(H,71,72). The average Bonchev–Trinajstić information content (AvgIpc) is 4.13. The van der Waals surface area contributed by atoms with Crippen LogP contribution in [-0.2, 0) is 9.53 Å². The molecule has 2 aromatic heterocycles. The maximum Gasteiger partial charge on any atom is 0.346 e. The summed E-state index contributed by atoms with van der Waals surface area (Å²) in [5.41, 5.74) is 13.0. The molecule has 0 aliphatic heterocycles. The predicted molar refractivity (Wildman–Crippen MR) is 311 cm³/mol. The third-order valence-electron chi connectivity index (χ3n) is 11.9. The van der Waals surface area contributed by atoms with Crippen molar-refractivity contribution in [2.75, 3.05) is 11.7 Å². The van der Waals surface area contributed by atoms with E-state index in [1.807, 2.05) is 103 Å². The lowest BCUT2D eigenvalue weighted by Crippen LogP contribution is -2.09. The fraction of sp³-hybridized carbons (Fsp3) is 0.0156. The van der Waals surface area contributed by atoms with Crippen LogP contribution in [0, 0.1) is 22.7 Å². The van der Waals surface area contributed by atoms with E-state index < -0.39 is 12.8 Å². The van der Waals surface area contributed by atoms with Gasteiger partial charge in [0.15, 0.2) is 6.79 Å². The first-order chi connectivity index (χ1) is 36.6. The minimum Gasteiger partial charge on any atom is -0.477 e. The van der Waals surface area contributed by atoms with Crippen LogP contribution in [0.4, 0.5) is 17.1 Å². The number of thiophene rings is 2. The molecule has 11 heteroatoms. The number of carboxylic acids is 1. The normalized spacial score (nSPS) is 11.6. The minimum absolute atomic E-state index is 0.0611. The zero-order valence-electron chi connectivity index (χ0n) is 39.8. The summed E-state index contributed by atoms with van der Waals surface area (Å²) in [6, 6.07) is 69.0. The lowest BCUT2D eigenvalue weighted by Gasteiger charge is -2.26. The van der Waals surface area contributed by atoms with E-state index >= 15 is 0 Å². The number of rotatable bonds is 17. The highest BCUT2D eigenvalue weighted by Crippen LogP contribution is 2.37. The van der Waals surface area contributed by atoms with Gasteiger partial charge in [0.2, 0.25) is 5.76 Å². The zero-order chi connectivity index (χ0) is 52.1. The molecule has 0 amide bonds. The third kappa shape index (κ3) is 13.3. The fourth-order valence-electron chi connectivity index (χ4n) is 8.06. The van der Waals surface area contributed by atoms with Crippen LogP contribution < -0.4 is 4.90 Å². The lowest BCUT2D eigenvalue weighted by molar-refractivity contribution is -0.132. The second kappa shape index (κ2) is 24.3. The largest absolute Gasteiger partial charge is 0.477 e. The van der Waals surface area contributed by atoms with Gasteiger partial charge in [-0.15, -0.1) is 22.7 Å². The third-order valence-corrected chi connectivity index (χ3v) is 14.6. The van der Waals surface area contributed by atoms with Crippen LogP contribution in [0.5, 0.6) is 0 Å². The number of hydrogen-bond donors (Lipinski definition) is 2. The highest BCUT2D eigenvalue weighted by atomic mass is 35.5. The van der Waals surface area contributed by atoms with Gasteiger partial charge in [0.1, 0.15) is 17.7 Å². The van der Waals surface area contributed by atoms with Crippen LogP contribution in [0.3, 0.4) is 0 Å². The summed E-state index contributed by atoms with van der Waals surface area (Å²) < 4.78 is 4.97. The first-order valence-corrected chi connectivity index (χ1v) is 25.8. The van der Waals surface area contributed by atoms with E-state index in [0.29, 0.717) is 14.9 Å². The van der Waals surface area contributed by atoms with E-state index in [2.05, 4.69) is 132 Å². The second-order valence-electron chi connectivity index (χ2n) is 16.9. The smallest absolute Gasteiger partial charge is 0.346 e. The minimum atomic E-state index is -1.24. The Morgan fingerprint density at radius 3 is 1.25 bits per heavy atom. The molecule has 0 fully saturated rings. The molecular formula is C64H43Cl2N3O4S2. The topological polar surface area (TPSA) is 118 Å². The first kappa shape index (κ1) is 51.1. The van der Waals surface area contributed by atoms with E-state index in [1.54, 1.807) is 12.1 Å². The van der Waals surface area contributed by atoms with Gasteiger partial charge >= 0.3 is 5.97 Å². The van der Waals surface area contributed by atoms with Gasteiger partial charge in [-0.25, -0.2) is 4.79 Å². The Kier molecular flexibility index (Phi) is 16.6. The predicted octanol–water partition coefficient (Wildman–Crippen LogP) is 17.7. The Balaban J connectivity index is 0.959. The maximum atomic E-state index is 11.3. The molecular weight excluding hydrogens is 1010 g/mol. The summed E-state index contributed by atoms with van der Waals surface area (Å²) in [6.45, 7) is -0.550. The van der Waals surface area contributed by atoms with Crippen molar-refractivity contribution in [2.45, 2.75) is 0 Å². The van der Waals surface area contributed by atoms with Gasteiger partial charge in [0.25, 0.3) is 0 Å². The number of nitriles is 2. The number of anilines is 3. The molecule has 7 aromatic carbocycles. The number of allylic oxidation sites excluding steroid dienone is 1. The summed E-state index contributed by atoms with van der Waals surface area (Å²) in [5, 5.41) is 38.0. The Hall–Kier alpha value is -8.77. The lowest BCUT2D eigenvalue weighted by atomic mass is 9.95. The molecule has 0 bridgehead atoms. The average molecular weight is 1050 g/mol. The Bertz CT molecular complexity index is 3640. The number of halogens is 2. The van der Waals surface area contributed by atoms with Crippen molar-refractivity contribution in [1.82, 2.24) is 0 Å². The van der Waals surface area contributed by atoms with Crippen molar-refractivity contribution in [3.8, 4) is 33.0 Å². The van der Waals surface area contributed by atoms with Crippen molar-refractivity contribution >= 4 is 117 Å². The van der Waals surface area contributed by atoms with Crippen LogP contribution in [0.1, 0.15) is 48.7 Å². The monoisotopic (exact) mass is 1050 g/mol. The van der Waals surface area contributed by atoms with Gasteiger partial charge in [-0.2, -0.15) is 10.5 Å². The van der Waals surface area contributed by atoms with Crippen LogP contribution in [-0.4, -0.2) is 23.0 Å². The Morgan fingerprint density at radius 2 is 0.880 bits per heavy atom. The highest BCUT2D eigenvalue weighted by Gasteiger charge is 2.14. The molecule has 0 saturated heterocycles. The van der Waals surface area contributed by atoms with Crippen molar-refractivity contribution in [2.24, 2.45) is 0 Å². The SMILES string of the molecule is N#CC(=Cc1ccc(-c2ccc(C=Cc3ccc(N(c4ccc(C=Cc5ccc(-c6ccc(C=C(C#N)C(=O)O)s6)cc5)cc4)c4ccc(C=C(c5ccc(Cl)cc5)c5ccc(Cl)cc5)cc4)cc3)cc2)s1)OCO. The second-order valence-corrected chi connectivity index (χ2v) is 20.0. The van der Waals surface area contributed by atoms with E-state index in [-0.39, 0.29) is 11.3 Å². The highest BCUT2D eigenvalue weighted by molar-refractivity contribution is 7.16. The molecule has 2 N–H and O–H groups in total. The van der Waals surface area contributed by atoms with Crippen molar-refractivity contribution in [1.29, 1.82) is 10.5 Å². The molecule has 9 aromatic rings. The van der Waals surface area contributed by atoms with Crippen LogP contribution in [0.2, 0.25) is 10.0 Å². The molecule has 364 valence electrons. The number of ether oxygens (including phenoxy) is 1. The van der Waals surface area contributed by atoms with Crippen molar-refractivity contribution in [3.05, 3.63) is 264 Å². The fourth-order valence-corrected chi connectivity index (χ4v) is 10.2. The number of aliphatic hydroxyl groups excluding tert-OH is 1. The first-order valence-electron chi connectivity index (χ1n) is 23.4. The molecule has 0 atom stereocenters. The van der Waals surface area contributed by atoms with E-state index in [0.717, 1.165) is 87.3 Å². The van der Waals surface area contributed by atoms with E-state index in [9.17, 15) is 15.2 Å². The van der Waals surface area contributed by atoms with Crippen LogP contribution in [0.25, 0.3) is 69.0 Å². The number of nitrogens with zero attached hydrogens (tertiary/aromatic N) is 3. The van der Waals surface area contributed by atoms with Crippen molar-refractivity contribution < 1.29 is 19.7 Å². The molecule has 0 aliphatic carbocycles. The molecule has 0 spiro atoms. The van der Waals surface area contributed by atoms with Crippen molar-refractivity contribution in [3.63, 3.8) is 0 Å². The number of aliphatic carboxylic acids is 1. The number of hydrogen-bond acceptors (Lipinski definition) is 8. The summed E-state index contributed by atoms with van der Waals surface area (Å²) in [7, 11) is 0. The van der Waals surface area contributed by atoms with E-state index in [4.69, 9.17) is 38.3 Å². The number of benzene rings is 7. The summed E-state index contributed by atoms with van der Waals surface area (Å²) in [4.78, 5) is 17.1. The zero-order valence-corrected chi connectivity index (χ0v) is 43.0. The Labute approximate surface area is 453 Å². The van der Waals surface area contributed by atoms with Crippen LogP contribution >= 0.6 is 45.9 Å². The molecule has 7 nitrogen and oxygen atoms in total. The van der Waals surface area contributed by atoms with Gasteiger partial charge in [0, 0.05) is 52.7 Å². The summed E-state index contributed by atoms with van der Waals surface area (Å²) in [6.07, 6.45) is 13.5. The van der Waals surface area contributed by atoms with Gasteiger partial charge in [-0.1, -0.05) is 157 Å². The Morgan fingerprint density at radius 1 is 0.493 bits per heavy atom. The number of carboxylic acid groups (broad SMARTS) is 1. The van der Waals surface area contributed by atoms with Gasteiger partial charge in [-0.05, 0) is 153 Å². The quantitative estimate of drug-likeness (QED) is 0.0307. The molecule has 0 radical (unpaired) electrons. The van der Waals surface area contributed by atoms with Crippen LogP contribution in [0.15, 0.2) is 205 Å². The van der Waals surface area contributed by atoms with E-state index in [1.165, 1.54) is 28.7 Å². The summed E-state index contributed by atoms with van der Waals surface area (Å²) in [5.74, 6) is -1.18. The molecule has 0 aliphatic rings. The summed E-state index contributed by atoms with van der Waals surface area (Å²) >= 11 is 15.6. The number of aliphatic hydroxyl groups is 1. The number of carbonyl (C=O) groups is 1. The molecule has 2 heterocycles. The molecule has 0 unspecified atom stereocenters. The molecule has 9 rings (SSSR count). The van der Waals surface area contributed by atoms with Gasteiger partial charge < -0.3 is 19.8 Å². The maximum absolute atomic E-state index is 11.3. The van der Waals surface area contributed by atoms with Gasteiger partial charge in [-0.3, -0.25) is 0 Å².